The maximum absolute atomic E-state index is 13.2. The summed E-state index contributed by atoms with van der Waals surface area (Å²) in [5.41, 5.74) is 1.83. The first-order chi connectivity index (χ1) is 15.0. The first-order valence-corrected chi connectivity index (χ1v) is 10.0. The molecule has 0 aliphatic carbocycles. The third kappa shape index (κ3) is 4.58. The number of hydrogen-bond donors (Lipinski definition) is 0. The molecule has 31 heavy (non-hydrogen) atoms. The summed E-state index contributed by atoms with van der Waals surface area (Å²) < 4.78 is 19.8. The molecule has 4 rings (SSSR count). The number of methoxy groups -OCH3 is 1. The van der Waals surface area contributed by atoms with Crippen LogP contribution in [0.2, 0.25) is 0 Å². The van der Waals surface area contributed by atoms with Gasteiger partial charge < -0.3 is 14.5 Å². The largest absolute Gasteiger partial charge is 0.495 e. The summed E-state index contributed by atoms with van der Waals surface area (Å²) in [5, 5.41) is 4.30. The number of para-hydroxylation sites is 2. The second-order valence-electron chi connectivity index (χ2n) is 7.26. The first-order valence-electron chi connectivity index (χ1n) is 10.0. The van der Waals surface area contributed by atoms with Crippen LogP contribution >= 0.6 is 0 Å². The van der Waals surface area contributed by atoms with E-state index in [4.69, 9.17) is 4.74 Å². The molecule has 0 unspecified atom stereocenters. The van der Waals surface area contributed by atoms with Gasteiger partial charge in [-0.25, -0.2) is 9.07 Å². The minimum absolute atomic E-state index is 0.136. The Kier molecular flexibility index (Phi) is 5.97. The van der Waals surface area contributed by atoms with Crippen molar-refractivity contribution in [3.63, 3.8) is 0 Å². The number of anilines is 1. The molecular formula is C23H23FN4O3. The highest BCUT2D eigenvalue weighted by molar-refractivity contribution is 5.76. The van der Waals surface area contributed by atoms with Crippen LogP contribution in [-0.2, 0) is 11.3 Å². The van der Waals surface area contributed by atoms with E-state index < -0.39 is 0 Å². The quantitative estimate of drug-likeness (QED) is 0.632. The van der Waals surface area contributed by atoms with Crippen LogP contribution in [0.5, 0.6) is 5.75 Å². The van der Waals surface area contributed by atoms with Gasteiger partial charge in [0.05, 0.1) is 18.5 Å². The maximum atomic E-state index is 13.2. The molecule has 0 radical (unpaired) electrons. The Bertz CT molecular complexity index is 1120. The number of ether oxygens (including phenoxy) is 1. The average Bonchev–Trinajstić information content (AvgIpc) is 2.81. The van der Waals surface area contributed by atoms with Crippen LogP contribution < -0.4 is 15.2 Å². The lowest BCUT2D eigenvalue weighted by molar-refractivity contribution is -0.132. The Balaban J connectivity index is 1.43. The molecular weight excluding hydrogens is 399 g/mol. The van der Waals surface area contributed by atoms with E-state index in [1.807, 2.05) is 24.3 Å². The van der Waals surface area contributed by atoms with E-state index in [1.165, 1.54) is 18.2 Å². The Morgan fingerprint density at radius 3 is 2.42 bits per heavy atom. The molecule has 2 aromatic carbocycles. The zero-order valence-corrected chi connectivity index (χ0v) is 17.2. The molecule has 160 valence electrons. The highest BCUT2D eigenvalue weighted by Crippen LogP contribution is 2.28. The lowest BCUT2D eigenvalue weighted by atomic mass is 10.1. The molecule has 1 amide bonds. The number of benzene rings is 2. The minimum Gasteiger partial charge on any atom is -0.495 e. The lowest BCUT2D eigenvalue weighted by Gasteiger charge is -2.36. The van der Waals surface area contributed by atoms with Gasteiger partial charge in [0.15, 0.2) is 0 Å². The van der Waals surface area contributed by atoms with Crippen LogP contribution in [0.25, 0.3) is 11.3 Å². The van der Waals surface area contributed by atoms with E-state index >= 15 is 0 Å². The van der Waals surface area contributed by atoms with Gasteiger partial charge in [-0.2, -0.15) is 5.10 Å². The predicted molar refractivity (Wildman–Crippen MR) is 116 cm³/mol. The van der Waals surface area contributed by atoms with Gasteiger partial charge in [0.2, 0.25) is 5.91 Å². The molecule has 1 aliphatic heterocycles. The van der Waals surface area contributed by atoms with E-state index in [9.17, 15) is 14.0 Å². The van der Waals surface area contributed by atoms with E-state index in [1.54, 1.807) is 30.2 Å². The van der Waals surface area contributed by atoms with Gasteiger partial charge >= 0.3 is 0 Å². The molecule has 0 bridgehead atoms. The number of amides is 1. The molecule has 0 N–H and O–H groups in total. The molecule has 1 aliphatic rings. The molecule has 0 saturated carbocycles. The van der Waals surface area contributed by atoms with Crippen molar-refractivity contribution in [2.75, 3.05) is 38.2 Å². The van der Waals surface area contributed by atoms with E-state index in [2.05, 4.69) is 10.00 Å². The zero-order valence-electron chi connectivity index (χ0n) is 17.2. The number of rotatable bonds is 5. The predicted octanol–water partition coefficient (Wildman–Crippen LogP) is 2.41. The van der Waals surface area contributed by atoms with Gasteiger partial charge in [-0.05, 0) is 42.5 Å². The number of halogens is 1. The van der Waals surface area contributed by atoms with Crippen molar-refractivity contribution < 1.29 is 13.9 Å². The highest BCUT2D eigenvalue weighted by Gasteiger charge is 2.23. The third-order valence-corrected chi connectivity index (χ3v) is 5.35. The molecule has 8 heteroatoms. The fourth-order valence-electron chi connectivity index (χ4n) is 3.65. The van der Waals surface area contributed by atoms with Gasteiger partial charge in [-0.15, -0.1) is 0 Å². The summed E-state index contributed by atoms with van der Waals surface area (Å²) in [6, 6.07) is 16.6. The maximum Gasteiger partial charge on any atom is 0.267 e. The van der Waals surface area contributed by atoms with Gasteiger partial charge in [-0.1, -0.05) is 12.1 Å². The number of carbonyl (C=O) groups excluding carboxylic acids is 1. The number of nitrogens with zero attached hydrogens (tertiary/aromatic N) is 4. The summed E-state index contributed by atoms with van der Waals surface area (Å²) in [7, 11) is 1.64. The molecule has 7 nitrogen and oxygen atoms in total. The van der Waals surface area contributed by atoms with Gasteiger partial charge in [0.1, 0.15) is 18.1 Å². The third-order valence-electron chi connectivity index (χ3n) is 5.35. The van der Waals surface area contributed by atoms with E-state index in [-0.39, 0.29) is 23.8 Å². The first kappa shape index (κ1) is 20.6. The van der Waals surface area contributed by atoms with Crippen molar-refractivity contribution in [2.24, 2.45) is 0 Å². The Labute approximate surface area is 179 Å². The minimum atomic E-state index is -0.355. The number of aromatic nitrogens is 2. The van der Waals surface area contributed by atoms with Crippen LogP contribution in [0, 0.1) is 5.82 Å². The average molecular weight is 422 g/mol. The van der Waals surface area contributed by atoms with Crippen molar-refractivity contribution in [3.8, 4) is 17.0 Å². The summed E-state index contributed by atoms with van der Waals surface area (Å²) in [5.74, 6) is 0.292. The Hall–Kier alpha value is -3.68. The van der Waals surface area contributed by atoms with Crippen LogP contribution in [0.1, 0.15) is 0 Å². The van der Waals surface area contributed by atoms with Crippen molar-refractivity contribution in [1.82, 2.24) is 14.7 Å². The van der Waals surface area contributed by atoms with Gasteiger partial charge in [0, 0.05) is 37.8 Å². The van der Waals surface area contributed by atoms with Gasteiger partial charge in [-0.3, -0.25) is 9.59 Å². The summed E-state index contributed by atoms with van der Waals surface area (Å²) in [6.07, 6.45) is 0. The number of piperazine rings is 1. The van der Waals surface area contributed by atoms with Crippen molar-refractivity contribution in [3.05, 3.63) is 76.8 Å². The second-order valence-corrected chi connectivity index (χ2v) is 7.26. The number of hydrogen-bond acceptors (Lipinski definition) is 5. The zero-order chi connectivity index (χ0) is 21.8. The number of carbonyl (C=O) groups is 1. The van der Waals surface area contributed by atoms with Crippen molar-refractivity contribution in [1.29, 1.82) is 0 Å². The fraction of sp³-hybridized carbons (Fsp3) is 0.261. The SMILES string of the molecule is COc1ccccc1N1CCN(C(=O)Cn2nc(-c3ccc(F)cc3)ccc2=O)CC1. The Morgan fingerprint density at radius 2 is 1.71 bits per heavy atom. The smallest absolute Gasteiger partial charge is 0.267 e. The Morgan fingerprint density at radius 1 is 1.00 bits per heavy atom. The van der Waals surface area contributed by atoms with E-state index in [0.717, 1.165) is 16.1 Å². The standard InChI is InChI=1S/C23H23FN4O3/c1-31-21-5-3-2-4-20(21)26-12-14-27(15-13-26)23(30)16-28-22(29)11-10-19(25-28)17-6-8-18(24)9-7-17/h2-11H,12-16H2,1H3. The molecule has 1 aromatic heterocycles. The molecule has 2 heterocycles. The monoisotopic (exact) mass is 422 g/mol. The second kappa shape index (κ2) is 8.99. The van der Waals surface area contributed by atoms with Crippen LogP contribution in [-0.4, -0.2) is 53.9 Å². The lowest BCUT2D eigenvalue weighted by Crippen LogP contribution is -2.50. The summed E-state index contributed by atoms with van der Waals surface area (Å²) in [6.45, 7) is 2.29. The normalized spacial score (nSPS) is 13.9. The van der Waals surface area contributed by atoms with Gasteiger partial charge in [0.25, 0.3) is 5.56 Å². The molecule has 0 spiro atoms. The van der Waals surface area contributed by atoms with Crippen LogP contribution in [0.15, 0.2) is 65.5 Å². The summed E-state index contributed by atoms with van der Waals surface area (Å²) in [4.78, 5) is 29.0. The van der Waals surface area contributed by atoms with E-state index in [0.29, 0.717) is 37.4 Å². The molecule has 0 atom stereocenters. The van der Waals surface area contributed by atoms with Crippen LogP contribution in [0.3, 0.4) is 0 Å². The molecule has 1 fully saturated rings. The van der Waals surface area contributed by atoms with Crippen molar-refractivity contribution >= 4 is 11.6 Å². The molecule has 3 aromatic rings. The molecule has 1 saturated heterocycles. The van der Waals surface area contributed by atoms with Crippen molar-refractivity contribution in [2.45, 2.75) is 6.54 Å². The highest BCUT2D eigenvalue weighted by atomic mass is 19.1. The fourth-order valence-corrected chi connectivity index (χ4v) is 3.65. The topological polar surface area (TPSA) is 67.7 Å². The summed E-state index contributed by atoms with van der Waals surface area (Å²) >= 11 is 0. The van der Waals surface area contributed by atoms with Crippen LogP contribution in [0.4, 0.5) is 10.1 Å².